The molecule has 106 valence electrons. The lowest BCUT2D eigenvalue weighted by atomic mass is 10.0. The van der Waals surface area contributed by atoms with E-state index in [9.17, 15) is 14.3 Å². The van der Waals surface area contributed by atoms with Gasteiger partial charge in [-0.1, -0.05) is 6.92 Å². The number of carboxylic acid groups (broad SMARTS) is 1. The highest BCUT2D eigenvalue weighted by Gasteiger charge is 2.26. The minimum absolute atomic E-state index is 0.0186. The first-order chi connectivity index (χ1) is 9.60. The normalized spacial score (nSPS) is 17.6. The van der Waals surface area contributed by atoms with Crippen LogP contribution < -0.4 is 5.11 Å². The average molecular weight is 292 g/mol. The van der Waals surface area contributed by atoms with E-state index in [1.54, 1.807) is 23.9 Å². The number of carbonyl (C=O) groups excluding carboxylic acids is 1. The van der Waals surface area contributed by atoms with Gasteiger partial charge in [-0.25, -0.2) is 4.39 Å². The van der Waals surface area contributed by atoms with Gasteiger partial charge in [-0.15, -0.1) is 11.8 Å². The van der Waals surface area contributed by atoms with Gasteiger partial charge in [0.15, 0.2) is 0 Å². The van der Waals surface area contributed by atoms with Gasteiger partial charge >= 0.3 is 0 Å². The van der Waals surface area contributed by atoms with Crippen molar-refractivity contribution in [1.29, 1.82) is 0 Å². The van der Waals surface area contributed by atoms with E-state index in [1.807, 2.05) is 17.6 Å². The molecule has 1 aromatic carbocycles. The summed E-state index contributed by atoms with van der Waals surface area (Å²) in [5.41, 5.74) is 1.87. The second kappa shape index (κ2) is 5.13. The van der Waals surface area contributed by atoms with Crippen LogP contribution in [0.2, 0.25) is 0 Å². The van der Waals surface area contributed by atoms with Crippen LogP contribution in [0.5, 0.6) is 0 Å². The Bertz CT molecular complexity index is 680. The molecule has 1 aromatic heterocycles. The number of nitrogens with zero attached hydrogens (tertiary/aromatic N) is 1. The summed E-state index contributed by atoms with van der Waals surface area (Å²) < 4.78 is 15.8. The lowest BCUT2D eigenvalue weighted by molar-refractivity contribution is -0.306. The second-order valence-corrected chi connectivity index (χ2v) is 6.36. The maximum Gasteiger partial charge on any atom is 0.126 e. The Morgan fingerprint density at radius 3 is 3.00 bits per heavy atom. The SMILES string of the molecule is CCSc1cc(F)cc2c1cc1n2CCC1CC(=O)[O-]. The van der Waals surface area contributed by atoms with E-state index in [0.29, 0.717) is 0 Å². The van der Waals surface area contributed by atoms with E-state index in [2.05, 4.69) is 0 Å². The standard InChI is InChI=1S/C15H16FNO2S/c1-2-20-14-7-10(16)6-13-11(14)8-12-9(5-15(18)19)3-4-17(12)13/h6-9H,2-5H2,1H3,(H,18,19)/p-1. The molecule has 0 amide bonds. The summed E-state index contributed by atoms with van der Waals surface area (Å²) in [6.07, 6.45) is 0.821. The molecule has 20 heavy (non-hydrogen) atoms. The zero-order valence-corrected chi connectivity index (χ0v) is 12.0. The topological polar surface area (TPSA) is 45.1 Å². The van der Waals surface area contributed by atoms with Crippen molar-refractivity contribution in [2.45, 2.75) is 37.1 Å². The molecule has 0 spiro atoms. The maximum atomic E-state index is 13.7. The number of halogens is 1. The summed E-state index contributed by atoms with van der Waals surface area (Å²) in [6, 6.07) is 5.12. The molecule has 0 saturated carbocycles. The van der Waals surface area contributed by atoms with Crippen LogP contribution in [0.1, 0.15) is 31.4 Å². The van der Waals surface area contributed by atoms with Crippen LogP contribution in [0.15, 0.2) is 23.1 Å². The van der Waals surface area contributed by atoms with Gasteiger partial charge in [0.25, 0.3) is 0 Å². The molecule has 1 aliphatic heterocycles. The van der Waals surface area contributed by atoms with Crippen LogP contribution in [0, 0.1) is 5.82 Å². The Labute approximate surface area is 120 Å². The summed E-state index contributed by atoms with van der Waals surface area (Å²) in [5.74, 6) is -0.405. The number of fused-ring (bicyclic) bond motifs is 3. The number of aliphatic carboxylic acids is 1. The van der Waals surface area contributed by atoms with Crippen molar-refractivity contribution in [3.8, 4) is 0 Å². The van der Waals surface area contributed by atoms with Crippen LogP contribution in [0.4, 0.5) is 4.39 Å². The predicted octanol–water partition coefficient (Wildman–Crippen LogP) is 2.52. The van der Waals surface area contributed by atoms with Crippen molar-refractivity contribution < 1.29 is 14.3 Å². The highest BCUT2D eigenvalue weighted by molar-refractivity contribution is 7.99. The van der Waals surface area contributed by atoms with E-state index in [-0.39, 0.29) is 18.2 Å². The molecule has 2 aromatic rings. The Kier molecular flexibility index (Phi) is 3.46. The molecule has 5 heteroatoms. The molecule has 0 bridgehead atoms. The van der Waals surface area contributed by atoms with Gasteiger partial charge in [0.2, 0.25) is 0 Å². The fraction of sp³-hybridized carbons (Fsp3) is 0.400. The summed E-state index contributed by atoms with van der Waals surface area (Å²) in [4.78, 5) is 11.7. The van der Waals surface area contributed by atoms with Crippen LogP contribution >= 0.6 is 11.8 Å². The van der Waals surface area contributed by atoms with Crippen molar-refractivity contribution in [2.75, 3.05) is 5.75 Å². The third-order valence-corrected chi connectivity index (χ3v) is 4.75. The molecule has 2 heterocycles. The molecular weight excluding hydrogens is 277 g/mol. The smallest absolute Gasteiger partial charge is 0.126 e. The van der Waals surface area contributed by atoms with Crippen molar-refractivity contribution in [2.24, 2.45) is 0 Å². The minimum atomic E-state index is -1.02. The van der Waals surface area contributed by atoms with Gasteiger partial charge in [0.1, 0.15) is 5.82 Å². The summed E-state index contributed by atoms with van der Waals surface area (Å²) in [7, 11) is 0. The van der Waals surface area contributed by atoms with Crippen LogP contribution in [-0.4, -0.2) is 16.3 Å². The second-order valence-electron chi connectivity index (χ2n) is 5.05. The lowest BCUT2D eigenvalue weighted by Crippen LogP contribution is -2.23. The van der Waals surface area contributed by atoms with Gasteiger partial charge in [-0.2, -0.15) is 0 Å². The van der Waals surface area contributed by atoms with E-state index in [4.69, 9.17) is 0 Å². The van der Waals surface area contributed by atoms with Crippen LogP contribution in [0.3, 0.4) is 0 Å². The third-order valence-electron chi connectivity index (χ3n) is 3.81. The first kappa shape index (κ1) is 13.5. The van der Waals surface area contributed by atoms with Crippen LogP contribution in [0.25, 0.3) is 10.9 Å². The zero-order chi connectivity index (χ0) is 14.3. The maximum absolute atomic E-state index is 13.7. The molecular formula is C15H15FNO2S-. The predicted molar refractivity (Wildman–Crippen MR) is 75.3 cm³/mol. The molecule has 0 N–H and O–H groups in total. The monoisotopic (exact) mass is 292 g/mol. The molecule has 1 atom stereocenters. The quantitative estimate of drug-likeness (QED) is 0.813. The third kappa shape index (κ3) is 2.20. The lowest BCUT2D eigenvalue weighted by Gasteiger charge is -2.09. The molecule has 3 nitrogen and oxygen atoms in total. The fourth-order valence-corrected chi connectivity index (χ4v) is 3.84. The molecule has 1 unspecified atom stereocenters. The largest absolute Gasteiger partial charge is 0.550 e. The number of aryl methyl sites for hydroxylation is 1. The van der Waals surface area contributed by atoms with Gasteiger partial charge in [-0.05, 0) is 36.8 Å². The first-order valence-electron chi connectivity index (χ1n) is 6.75. The number of hydrogen-bond acceptors (Lipinski definition) is 3. The van der Waals surface area contributed by atoms with E-state index >= 15 is 0 Å². The summed E-state index contributed by atoms with van der Waals surface area (Å²) in [5, 5.41) is 11.8. The molecule has 0 radical (unpaired) electrons. The Morgan fingerprint density at radius 1 is 1.50 bits per heavy atom. The molecule has 0 aliphatic carbocycles. The van der Waals surface area contributed by atoms with E-state index in [1.165, 1.54) is 0 Å². The molecule has 0 saturated heterocycles. The number of rotatable bonds is 4. The number of carbonyl (C=O) groups is 1. The van der Waals surface area contributed by atoms with Gasteiger partial charge in [-0.3, -0.25) is 0 Å². The highest BCUT2D eigenvalue weighted by atomic mass is 32.2. The van der Waals surface area contributed by atoms with Gasteiger partial charge < -0.3 is 14.5 Å². The summed E-state index contributed by atoms with van der Waals surface area (Å²) >= 11 is 1.61. The molecule has 1 aliphatic rings. The number of thioether (sulfide) groups is 1. The van der Waals surface area contributed by atoms with Crippen LogP contribution in [-0.2, 0) is 11.3 Å². The number of aromatic nitrogens is 1. The highest BCUT2D eigenvalue weighted by Crippen LogP contribution is 2.39. The number of hydrogen-bond donors (Lipinski definition) is 0. The van der Waals surface area contributed by atoms with E-state index in [0.717, 1.165) is 40.2 Å². The Balaban J connectivity index is 2.12. The first-order valence-corrected chi connectivity index (χ1v) is 7.74. The minimum Gasteiger partial charge on any atom is -0.550 e. The number of benzene rings is 1. The average Bonchev–Trinajstić information content (AvgIpc) is 2.90. The Hall–Kier alpha value is -1.49. The summed E-state index contributed by atoms with van der Waals surface area (Å²) in [6.45, 7) is 2.78. The van der Waals surface area contributed by atoms with E-state index < -0.39 is 5.97 Å². The van der Waals surface area contributed by atoms with Gasteiger partial charge in [0, 0.05) is 34.4 Å². The number of carboxylic acids is 1. The fourth-order valence-electron chi connectivity index (χ4n) is 3.02. The molecule has 0 fully saturated rings. The van der Waals surface area contributed by atoms with Gasteiger partial charge in [0.05, 0.1) is 5.52 Å². The van der Waals surface area contributed by atoms with Crippen molar-refractivity contribution in [3.05, 3.63) is 29.7 Å². The Morgan fingerprint density at radius 2 is 2.30 bits per heavy atom. The van der Waals surface area contributed by atoms with Crippen molar-refractivity contribution >= 4 is 28.6 Å². The van der Waals surface area contributed by atoms with Crippen molar-refractivity contribution in [1.82, 2.24) is 4.57 Å². The zero-order valence-electron chi connectivity index (χ0n) is 11.2. The van der Waals surface area contributed by atoms with Crippen molar-refractivity contribution in [3.63, 3.8) is 0 Å². The molecule has 3 rings (SSSR count).